The Kier molecular flexibility index (Phi) is 4.93. The second-order valence-electron chi connectivity index (χ2n) is 7.90. The first-order chi connectivity index (χ1) is 13.2. The number of anilines is 1. The first-order valence-electron chi connectivity index (χ1n) is 9.01. The Morgan fingerprint density at radius 2 is 2.07 bits per heavy atom. The summed E-state index contributed by atoms with van der Waals surface area (Å²) in [6.07, 6.45) is 3.85. The van der Waals surface area contributed by atoms with Crippen LogP contribution in [0.25, 0.3) is 27.2 Å². The maximum absolute atomic E-state index is 14.1. The molecule has 3 rings (SSSR count). The molecule has 1 aromatic carbocycles. The Morgan fingerprint density at radius 1 is 1.36 bits per heavy atom. The van der Waals surface area contributed by atoms with Gasteiger partial charge in [-0.05, 0) is 30.5 Å². The van der Waals surface area contributed by atoms with Crippen molar-refractivity contribution in [3.63, 3.8) is 0 Å². The van der Waals surface area contributed by atoms with E-state index in [0.717, 1.165) is 6.21 Å². The summed E-state index contributed by atoms with van der Waals surface area (Å²) in [5.74, 6) is 0.111. The number of allylic oxidation sites excluding steroid dienone is 1. The van der Waals surface area contributed by atoms with Crippen molar-refractivity contribution in [3.8, 4) is 0 Å². The molecule has 0 spiro atoms. The van der Waals surface area contributed by atoms with Crippen LogP contribution >= 0.6 is 0 Å². The number of aromatic amines is 1. The van der Waals surface area contributed by atoms with E-state index in [-0.39, 0.29) is 22.4 Å². The minimum Gasteiger partial charge on any atom is -0.404 e. The van der Waals surface area contributed by atoms with Gasteiger partial charge in [-0.15, -0.1) is 0 Å². The Morgan fingerprint density at radius 3 is 2.68 bits per heavy atom. The fraction of sp³-hybridized carbons (Fsp3) is 0.286. The van der Waals surface area contributed by atoms with Gasteiger partial charge in [0.15, 0.2) is 0 Å². The van der Waals surface area contributed by atoms with Crippen LogP contribution in [0.4, 0.5) is 10.2 Å². The molecule has 0 saturated heterocycles. The highest BCUT2D eigenvalue weighted by Crippen LogP contribution is 2.33. The molecule has 0 aliphatic heterocycles. The third kappa shape index (κ3) is 3.35. The molecule has 0 radical (unpaired) electrons. The van der Waals surface area contributed by atoms with Crippen molar-refractivity contribution in [2.75, 3.05) is 5.32 Å². The average Bonchev–Trinajstić information content (AvgIpc) is 2.63. The summed E-state index contributed by atoms with van der Waals surface area (Å²) >= 11 is 0. The molecule has 6 nitrogen and oxygen atoms in total. The lowest BCUT2D eigenvalue weighted by molar-refractivity contribution is 0.359. The number of hydrogen-bond donors (Lipinski definition) is 4. The second-order valence-corrected chi connectivity index (χ2v) is 7.90. The van der Waals surface area contributed by atoms with Crippen LogP contribution in [0, 0.1) is 16.6 Å². The number of rotatable bonds is 4. The molecule has 0 fully saturated rings. The molecule has 1 atom stereocenters. The molecule has 7 heteroatoms. The first kappa shape index (κ1) is 19.5. The number of benzene rings is 1. The van der Waals surface area contributed by atoms with Gasteiger partial charge in [0.25, 0.3) is 5.56 Å². The van der Waals surface area contributed by atoms with Gasteiger partial charge in [0.1, 0.15) is 11.6 Å². The normalized spacial score (nSPS) is 13.7. The fourth-order valence-corrected chi connectivity index (χ4v) is 2.96. The predicted molar refractivity (Wildman–Crippen MR) is 113 cm³/mol. The van der Waals surface area contributed by atoms with Crippen LogP contribution in [0.3, 0.4) is 0 Å². The summed E-state index contributed by atoms with van der Waals surface area (Å²) in [5, 5.41) is 12.4. The van der Waals surface area contributed by atoms with Gasteiger partial charge < -0.3 is 21.4 Å². The maximum Gasteiger partial charge on any atom is 0.258 e. The molecule has 28 heavy (non-hydrogen) atoms. The van der Waals surface area contributed by atoms with E-state index in [1.807, 2.05) is 6.92 Å². The molecule has 1 unspecified atom stereocenters. The molecule has 146 valence electrons. The standard InChI is InChI=1S/C21H24FN5O/c1-11(21(2,3)4)26-19-14-6-5-13(22)7-15(14)17-18(27-19)16(10-25-20(17)28)12(8-23)9-24/h5-11,23H,24H2,1-4H3,(H,25,28)(H,26,27)/b12-9+,23-8?. The summed E-state index contributed by atoms with van der Waals surface area (Å²) in [7, 11) is 0. The molecule has 2 aromatic heterocycles. The topological polar surface area (TPSA) is 108 Å². The van der Waals surface area contributed by atoms with Crippen LogP contribution in [-0.4, -0.2) is 22.2 Å². The van der Waals surface area contributed by atoms with Gasteiger partial charge in [-0.2, -0.15) is 0 Å². The number of hydrogen-bond acceptors (Lipinski definition) is 5. The molecule has 2 heterocycles. The van der Waals surface area contributed by atoms with Crippen molar-refractivity contribution < 1.29 is 4.39 Å². The van der Waals surface area contributed by atoms with Crippen molar-refractivity contribution in [2.24, 2.45) is 11.1 Å². The number of nitrogens with one attached hydrogen (secondary N) is 3. The number of aromatic nitrogens is 2. The zero-order chi connectivity index (χ0) is 20.6. The van der Waals surface area contributed by atoms with Crippen molar-refractivity contribution in [2.45, 2.75) is 33.7 Å². The highest BCUT2D eigenvalue weighted by molar-refractivity contribution is 6.17. The Hall–Kier alpha value is -3.22. The van der Waals surface area contributed by atoms with Crippen LogP contribution in [0.5, 0.6) is 0 Å². The van der Waals surface area contributed by atoms with E-state index in [0.29, 0.717) is 33.2 Å². The van der Waals surface area contributed by atoms with Crippen LogP contribution in [0.2, 0.25) is 0 Å². The first-order valence-corrected chi connectivity index (χ1v) is 9.01. The van der Waals surface area contributed by atoms with E-state index >= 15 is 0 Å². The minimum atomic E-state index is -0.443. The lowest BCUT2D eigenvalue weighted by atomic mass is 9.88. The molecule has 3 aromatic rings. The van der Waals surface area contributed by atoms with Crippen LogP contribution in [-0.2, 0) is 0 Å². The zero-order valence-corrected chi connectivity index (χ0v) is 16.4. The molecule has 0 bridgehead atoms. The maximum atomic E-state index is 14.1. The summed E-state index contributed by atoms with van der Waals surface area (Å²) in [5.41, 5.74) is 6.50. The van der Waals surface area contributed by atoms with Gasteiger partial charge in [-0.1, -0.05) is 20.8 Å². The second kappa shape index (κ2) is 7.07. The molecule has 5 N–H and O–H groups in total. The molecule has 0 amide bonds. The van der Waals surface area contributed by atoms with Crippen LogP contribution in [0.15, 0.2) is 35.4 Å². The van der Waals surface area contributed by atoms with E-state index in [4.69, 9.17) is 16.1 Å². The van der Waals surface area contributed by atoms with E-state index in [2.05, 4.69) is 31.1 Å². The Labute approximate surface area is 162 Å². The predicted octanol–water partition coefficient (Wildman–Crippen LogP) is 4.01. The van der Waals surface area contributed by atoms with Gasteiger partial charge in [0.05, 0.1) is 10.9 Å². The summed E-state index contributed by atoms with van der Waals surface area (Å²) in [4.78, 5) is 20.0. The summed E-state index contributed by atoms with van der Waals surface area (Å²) in [6, 6.07) is 4.37. The van der Waals surface area contributed by atoms with Crippen LogP contribution < -0.4 is 16.6 Å². The van der Waals surface area contributed by atoms with Gasteiger partial charge >= 0.3 is 0 Å². The number of nitrogens with two attached hydrogens (primary N) is 1. The largest absolute Gasteiger partial charge is 0.404 e. The zero-order valence-electron chi connectivity index (χ0n) is 16.4. The smallest absolute Gasteiger partial charge is 0.258 e. The molecule has 0 aliphatic rings. The lowest BCUT2D eigenvalue weighted by Gasteiger charge is -2.29. The number of halogens is 1. The van der Waals surface area contributed by atoms with Gasteiger partial charge in [0, 0.05) is 46.6 Å². The average molecular weight is 381 g/mol. The van der Waals surface area contributed by atoms with Crippen molar-refractivity contribution in [3.05, 3.63) is 52.3 Å². The summed E-state index contributed by atoms with van der Waals surface area (Å²) < 4.78 is 14.1. The third-order valence-corrected chi connectivity index (χ3v) is 5.09. The highest BCUT2D eigenvalue weighted by Gasteiger charge is 2.22. The van der Waals surface area contributed by atoms with Crippen molar-refractivity contribution in [1.82, 2.24) is 9.97 Å². The van der Waals surface area contributed by atoms with Gasteiger partial charge in [-0.3, -0.25) is 4.79 Å². The monoisotopic (exact) mass is 381 g/mol. The van der Waals surface area contributed by atoms with Crippen LogP contribution in [0.1, 0.15) is 33.3 Å². The number of nitrogens with zero attached hydrogens (tertiary/aromatic N) is 1. The molecule has 0 saturated carbocycles. The highest BCUT2D eigenvalue weighted by atomic mass is 19.1. The van der Waals surface area contributed by atoms with Crippen molar-refractivity contribution in [1.29, 1.82) is 5.41 Å². The van der Waals surface area contributed by atoms with E-state index in [9.17, 15) is 9.18 Å². The SMILES string of the molecule is CC(Nc1nc2c(/C(C=N)=C/N)c[nH]c(=O)c2c2cc(F)ccc12)C(C)(C)C. The third-order valence-electron chi connectivity index (χ3n) is 5.09. The number of H-pyrrole nitrogens is 1. The van der Waals surface area contributed by atoms with E-state index in [1.165, 1.54) is 24.5 Å². The van der Waals surface area contributed by atoms with Gasteiger partial charge in [0.2, 0.25) is 0 Å². The number of fused-ring (bicyclic) bond motifs is 3. The van der Waals surface area contributed by atoms with Gasteiger partial charge in [-0.25, -0.2) is 9.37 Å². The lowest BCUT2D eigenvalue weighted by Crippen LogP contribution is -2.31. The van der Waals surface area contributed by atoms with E-state index < -0.39 is 5.82 Å². The fourth-order valence-electron chi connectivity index (χ4n) is 2.96. The molecular formula is C21H24FN5O. The minimum absolute atomic E-state index is 0.0444. The summed E-state index contributed by atoms with van der Waals surface area (Å²) in [6.45, 7) is 8.36. The van der Waals surface area contributed by atoms with E-state index in [1.54, 1.807) is 6.07 Å². The Balaban J connectivity index is 2.45. The quantitative estimate of drug-likeness (QED) is 0.404. The molecule has 0 aliphatic carbocycles. The van der Waals surface area contributed by atoms with Crippen molar-refractivity contribution >= 4 is 39.3 Å². The number of pyridine rings is 2. The molecular weight excluding hydrogens is 357 g/mol. The Bertz CT molecular complexity index is 1160.